The van der Waals surface area contributed by atoms with Crippen molar-refractivity contribution in [2.24, 2.45) is 10.9 Å². The van der Waals surface area contributed by atoms with Gasteiger partial charge in [0.15, 0.2) is 5.96 Å². The fourth-order valence-electron chi connectivity index (χ4n) is 3.51. The number of nitrogens with one attached hydrogen (secondary N) is 2. The minimum absolute atomic E-state index is 0.0551. The molecule has 0 amide bonds. The maximum absolute atomic E-state index is 12.0. The summed E-state index contributed by atoms with van der Waals surface area (Å²) in [4.78, 5) is 26.6. The van der Waals surface area contributed by atoms with Crippen molar-refractivity contribution in [2.75, 3.05) is 59.5 Å². The van der Waals surface area contributed by atoms with Crippen molar-refractivity contribution >= 4 is 23.3 Å². The number of nitrogens with zero attached hydrogens (tertiary/aromatic N) is 4. The lowest BCUT2D eigenvalue weighted by Gasteiger charge is -2.35. The molecular weight excluding hydrogens is 400 g/mol. The topological polar surface area (TPSA) is 82.1 Å². The smallest absolute Gasteiger partial charge is 0.350 e. The maximum atomic E-state index is 12.0. The molecule has 0 radical (unpaired) electrons. The number of hydrogen-bond donors (Lipinski definition) is 2. The van der Waals surface area contributed by atoms with Crippen molar-refractivity contribution in [2.45, 2.75) is 40.7 Å². The van der Waals surface area contributed by atoms with Gasteiger partial charge in [-0.1, -0.05) is 13.8 Å². The molecular formula is C21H38N6O2S. The molecule has 2 rings (SSSR count). The minimum Gasteiger partial charge on any atom is -0.462 e. The normalized spacial score (nSPS) is 18.1. The van der Waals surface area contributed by atoms with Gasteiger partial charge in [0, 0.05) is 46.3 Å². The van der Waals surface area contributed by atoms with E-state index in [1.165, 1.54) is 24.4 Å². The zero-order valence-electron chi connectivity index (χ0n) is 19.3. The van der Waals surface area contributed by atoms with Gasteiger partial charge in [0.25, 0.3) is 0 Å². The third-order valence-corrected chi connectivity index (χ3v) is 6.64. The highest BCUT2D eigenvalue weighted by molar-refractivity contribution is 7.13. The van der Waals surface area contributed by atoms with Crippen molar-refractivity contribution in [3.8, 4) is 0 Å². The highest BCUT2D eigenvalue weighted by Crippen LogP contribution is 2.24. The van der Waals surface area contributed by atoms with Gasteiger partial charge in [-0.15, -0.1) is 11.3 Å². The van der Waals surface area contributed by atoms with E-state index in [-0.39, 0.29) is 12.0 Å². The number of rotatable bonds is 9. The summed E-state index contributed by atoms with van der Waals surface area (Å²) in [5.74, 6) is 0.960. The van der Waals surface area contributed by atoms with Crippen LogP contribution in [0, 0.1) is 12.8 Å². The third-order valence-electron chi connectivity index (χ3n) is 5.32. The van der Waals surface area contributed by atoms with Crippen molar-refractivity contribution < 1.29 is 9.53 Å². The van der Waals surface area contributed by atoms with E-state index in [1.807, 2.05) is 13.8 Å². The lowest BCUT2D eigenvalue weighted by Crippen LogP contribution is -2.48. The molecule has 2 atom stereocenters. The fraction of sp³-hybridized carbons (Fsp3) is 0.762. The van der Waals surface area contributed by atoms with Crippen LogP contribution in [0.3, 0.4) is 0 Å². The molecule has 2 heterocycles. The first-order valence-electron chi connectivity index (χ1n) is 10.9. The second-order valence-electron chi connectivity index (χ2n) is 7.85. The molecule has 2 unspecified atom stereocenters. The van der Waals surface area contributed by atoms with E-state index in [2.05, 4.69) is 44.3 Å². The predicted octanol–water partition coefficient (Wildman–Crippen LogP) is 2.13. The van der Waals surface area contributed by atoms with Gasteiger partial charge in [-0.3, -0.25) is 4.99 Å². The van der Waals surface area contributed by atoms with Gasteiger partial charge in [0.1, 0.15) is 9.88 Å². The molecule has 1 aromatic heterocycles. The largest absolute Gasteiger partial charge is 0.462 e. The summed E-state index contributed by atoms with van der Waals surface area (Å²) in [6, 6.07) is -0.0551. The average Bonchev–Trinajstić information content (AvgIpc) is 3.13. The van der Waals surface area contributed by atoms with E-state index in [4.69, 9.17) is 4.74 Å². The van der Waals surface area contributed by atoms with Crippen molar-refractivity contribution in [3.63, 3.8) is 0 Å². The van der Waals surface area contributed by atoms with Gasteiger partial charge >= 0.3 is 5.97 Å². The molecule has 30 heavy (non-hydrogen) atoms. The Morgan fingerprint density at radius 2 is 1.90 bits per heavy atom. The Morgan fingerprint density at radius 3 is 2.50 bits per heavy atom. The zero-order chi connectivity index (χ0) is 22.1. The molecule has 1 fully saturated rings. The first-order chi connectivity index (χ1) is 14.4. The number of aromatic nitrogens is 1. The molecule has 0 aliphatic carbocycles. The van der Waals surface area contributed by atoms with Crippen LogP contribution in [-0.4, -0.2) is 86.2 Å². The number of thiazole rings is 1. The zero-order valence-corrected chi connectivity index (χ0v) is 20.1. The number of piperazine rings is 1. The summed E-state index contributed by atoms with van der Waals surface area (Å²) in [7, 11) is 1.77. The summed E-state index contributed by atoms with van der Waals surface area (Å²) < 4.78 is 5.11. The summed E-state index contributed by atoms with van der Waals surface area (Å²) in [5.41, 5.74) is 0.710. The highest BCUT2D eigenvalue weighted by Gasteiger charge is 2.21. The summed E-state index contributed by atoms with van der Waals surface area (Å²) in [6.07, 6.45) is 0. The Hall–Kier alpha value is -1.71. The lowest BCUT2D eigenvalue weighted by molar-refractivity contribution is 0.0531. The van der Waals surface area contributed by atoms with Crippen LogP contribution in [0.4, 0.5) is 0 Å². The van der Waals surface area contributed by atoms with E-state index in [0.717, 1.165) is 43.7 Å². The van der Waals surface area contributed by atoms with Crippen LogP contribution in [0.15, 0.2) is 4.99 Å². The Balaban J connectivity index is 1.81. The van der Waals surface area contributed by atoms with Crippen molar-refractivity contribution in [3.05, 3.63) is 15.6 Å². The van der Waals surface area contributed by atoms with E-state index in [0.29, 0.717) is 23.1 Å². The maximum Gasteiger partial charge on any atom is 0.350 e. The van der Waals surface area contributed by atoms with Crippen LogP contribution in [0.5, 0.6) is 0 Å². The molecule has 1 aliphatic heterocycles. The fourth-order valence-corrected chi connectivity index (χ4v) is 4.48. The SMILES string of the molecule is CCOC(=O)c1sc(C(C)NC(=NC)NCC(C)CN2CCN(CC)CC2)nc1C. The number of hydrogen-bond acceptors (Lipinski definition) is 7. The van der Waals surface area contributed by atoms with Gasteiger partial charge in [-0.25, -0.2) is 9.78 Å². The van der Waals surface area contributed by atoms with Crippen LogP contribution < -0.4 is 10.6 Å². The molecule has 0 bridgehead atoms. The number of ether oxygens (including phenoxy) is 1. The first kappa shape index (κ1) is 24.6. The summed E-state index contributed by atoms with van der Waals surface area (Å²) >= 11 is 1.38. The number of aryl methyl sites for hydroxylation is 1. The lowest BCUT2D eigenvalue weighted by atomic mass is 10.1. The Bertz CT molecular complexity index is 700. The van der Waals surface area contributed by atoms with E-state index in [1.54, 1.807) is 14.0 Å². The second kappa shape index (κ2) is 12.2. The minimum atomic E-state index is -0.304. The standard InChI is InChI=1S/C21H38N6O2S/c1-7-26-9-11-27(12-10-26)14-15(3)13-23-21(22-6)25-17(5)19-24-16(4)18(30-19)20(28)29-8-2/h15,17H,7-14H2,1-6H3,(H2,22,23,25). The molecule has 1 aromatic rings. The number of carbonyl (C=O) groups excluding carboxylic acids is 1. The number of aliphatic imine (C=N–C) groups is 1. The Morgan fingerprint density at radius 1 is 1.23 bits per heavy atom. The molecule has 1 aliphatic rings. The van der Waals surface area contributed by atoms with E-state index >= 15 is 0 Å². The third kappa shape index (κ3) is 7.21. The van der Waals surface area contributed by atoms with Crippen LogP contribution in [0.25, 0.3) is 0 Å². The number of guanidine groups is 1. The monoisotopic (exact) mass is 438 g/mol. The quantitative estimate of drug-likeness (QED) is 0.347. The summed E-state index contributed by atoms with van der Waals surface area (Å²) in [5, 5.41) is 7.66. The van der Waals surface area contributed by atoms with Crippen LogP contribution in [0.2, 0.25) is 0 Å². The van der Waals surface area contributed by atoms with Crippen LogP contribution >= 0.6 is 11.3 Å². The molecule has 9 heteroatoms. The molecule has 2 N–H and O–H groups in total. The molecule has 0 spiro atoms. The van der Waals surface area contributed by atoms with Gasteiger partial charge in [0.2, 0.25) is 0 Å². The molecule has 170 valence electrons. The molecule has 8 nitrogen and oxygen atoms in total. The molecule has 1 saturated heterocycles. The van der Waals surface area contributed by atoms with Gasteiger partial charge < -0.3 is 25.2 Å². The first-order valence-corrected chi connectivity index (χ1v) is 11.8. The predicted molar refractivity (Wildman–Crippen MR) is 123 cm³/mol. The Labute approximate surface area is 185 Å². The van der Waals surface area contributed by atoms with Crippen LogP contribution in [0.1, 0.15) is 54.1 Å². The Kier molecular flexibility index (Phi) is 10.0. The van der Waals surface area contributed by atoms with Crippen molar-refractivity contribution in [1.29, 1.82) is 0 Å². The van der Waals surface area contributed by atoms with Crippen LogP contribution in [-0.2, 0) is 4.74 Å². The highest BCUT2D eigenvalue weighted by atomic mass is 32.1. The second-order valence-corrected chi connectivity index (χ2v) is 8.88. The van der Waals surface area contributed by atoms with Gasteiger partial charge in [-0.2, -0.15) is 0 Å². The van der Waals surface area contributed by atoms with E-state index in [9.17, 15) is 4.79 Å². The van der Waals surface area contributed by atoms with E-state index < -0.39 is 0 Å². The molecule has 0 aromatic carbocycles. The number of likely N-dealkylation sites (N-methyl/N-ethyl adjacent to an activating group) is 1. The number of esters is 1. The summed E-state index contributed by atoms with van der Waals surface area (Å²) in [6.45, 7) is 18.2. The van der Waals surface area contributed by atoms with Gasteiger partial charge in [0.05, 0.1) is 18.3 Å². The van der Waals surface area contributed by atoms with Gasteiger partial charge in [-0.05, 0) is 33.2 Å². The van der Waals surface area contributed by atoms with Crippen molar-refractivity contribution in [1.82, 2.24) is 25.4 Å². The number of carbonyl (C=O) groups is 1. The average molecular weight is 439 g/mol. The molecule has 0 saturated carbocycles.